The van der Waals surface area contributed by atoms with Gasteiger partial charge in [0, 0.05) is 85.8 Å². The first kappa shape index (κ1) is 27.9. The van der Waals surface area contributed by atoms with E-state index in [-0.39, 0.29) is 11.6 Å². The lowest BCUT2D eigenvalue weighted by molar-refractivity contribution is 0.0800. The number of anilines is 1. The zero-order valence-corrected chi connectivity index (χ0v) is 22.0. The molecule has 4 heterocycles. The zero-order chi connectivity index (χ0) is 27.1. The second kappa shape index (κ2) is 13.1. The summed E-state index contributed by atoms with van der Waals surface area (Å²) in [5.41, 5.74) is 8.97. The molecule has 3 aliphatic rings. The Morgan fingerprint density at radius 2 is 1.95 bits per heavy atom. The van der Waals surface area contributed by atoms with E-state index in [1.165, 1.54) is 26.6 Å². The van der Waals surface area contributed by atoms with Crippen LogP contribution in [0.3, 0.4) is 0 Å². The Balaban J connectivity index is 0.00000164. The van der Waals surface area contributed by atoms with E-state index in [2.05, 4.69) is 26.3 Å². The Morgan fingerprint density at radius 1 is 1.21 bits per heavy atom. The predicted molar refractivity (Wildman–Crippen MR) is 144 cm³/mol. The number of hydrogen-bond acceptors (Lipinski definition) is 8. The molecule has 0 unspecified atom stereocenters. The van der Waals surface area contributed by atoms with Gasteiger partial charge in [-0.2, -0.15) is 0 Å². The number of hydrogen-bond donors (Lipinski definition) is 4. The molecular formula is C27H37F2N7O2. The van der Waals surface area contributed by atoms with Gasteiger partial charge in [0.15, 0.2) is 0 Å². The van der Waals surface area contributed by atoms with Crippen LogP contribution in [0, 0.1) is 5.41 Å². The molecule has 9 nitrogen and oxygen atoms in total. The summed E-state index contributed by atoms with van der Waals surface area (Å²) in [6, 6.07) is 3.89. The van der Waals surface area contributed by atoms with Gasteiger partial charge in [-0.1, -0.05) is 0 Å². The van der Waals surface area contributed by atoms with Crippen molar-refractivity contribution < 1.29 is 18.3 Å². The summed E-state index contributed by atoms with van der Waals surface area (Å²) in [4.78, 5) is 10.1. The third kappa shape index (κ3) is 6.11. The smallest absolute Gasteiger partial charge is 0.316 e. The standard InChI is InChI=1S/C26H32F2N6O2.CH5N/c1-35-26-31-13-17(14-32-26)19-11-16-3-2-8-34(23(16)12-20(19)24(27)28)25(29)21-15-30-7-4-22(21)33-18-5-9-36-10-6-18;1-2/h11-14,18,24,29-30,33H,2-10,15H2,1H3;2H2,1H3. The quantitative estimate of drug-likeness (QED) is 0.332. The molecular weight excluding hydrogens is 492 g/mol. The van der Waals surface area contributed by atoms with Gasteiger partial charge in [0.05, 0.1) is 7.11 Å². The highest BCUT2D eigenvalue weighted by Crippen LogP contribution is 2.39. The molecule has 1 aromatic carbocycles. The second-order valence-electron chi connectivity index (χ2n) is 9.35. The first-order chi connectivity index (χ1) is 18.5. The van der Waals surface area contributed by atoms with Gasteiger partial charge in [0.1, 0.15) is 5.84 Å². The van der Waals surface area contributed by atoms with E-state index in [1.54, 1.807) is 6.07 Å². The first-order valence-electron chi connectivity index (χ1n) is 13.1. The van der Waals surface area contributed by atoms with Crippen LogP contribution < -0.4 is 26.0 Å². The van der Waals surface area contributed by atoms with Crippen molar-refractivity contribution in [3.63, 3.8) is 0 Å². The number of aryl methyl sites for hydroxylation is 1. The molecule has 0 saturated carbocycles. The number of ether oxygens (including phenoxy) is 2. The second-order valence-corrected chi connectivity index (χ2v) is 9.35. The summed E-state index contributed by atoms with van der Waals surface area (Å²) in [6.07, 6.45) is 4.65. The Hall–Kier alpha value is -3.15. The van der Waals surface area contributed by atoms with Crippen LogP contribution in [0.4, 0.5) is 14.5 Å². The summed E-state index contributed by atoms with van der Waals surface area (Å²) >= 11 is 0. The van der Waals surface area contributed by atoms with Crippen LogP contribution in [0.2, 0.25) is 0 Å². The Labute approximate surface area is 222 Å². The van der Waals surface area contributed by atoms with Crippen LogP contribution in [0.5, 0.6) is 6.01 Å². The number of nitrogens with zero attached hydrogens (tertiary/aromatic N) is 3. The van der Waals surface area contributed by atoms with Gasteiger partial charge in [-0.25, -0.2) is 18.7 Å². The summed E-state index contributed by atoms with van der Waals surface area (Å²) in [7, 11) is 2.96. The molecule has 38 heavy (non-hydrogen) atoms. The normalized spacial score (nSPS) is 18.0. The summed E-state index contributed by atoms with van der Waals surface area (Å²) in [6.45, 7) is 3.54. The maximum atomic E-state index is 14.3. The fourth-order valence-electron chi connectivity index (χ4n) is 5.19. The average Bonchev–Trinajstić information content (AvgIpc) is 2.97. The molecule has 0 spiro atoms. The monoisotopic (exact) mass is 529 g/mol. The van der Waals surface area contributed by atoms with Crippen molar-refractivity contribution in [1.29, 1.82) is 5.41 Å². The number of nitrogens with one attached hydrogen (secondary N) is 3. The molecule has 0 radical (unpaired) electrons. The number of rotatable bonds is 6. The van der Waals surface area contributed by atoms with Crippen LogP contribution in [0.15, 0.2) is 35.8 Å². The van der Waals surface area contributed by atoms with Crippen molar-refractivity contribution in [2.45, 2.75) is 44.6 Å². The molecule has 0 atom stereocenters. The topological polar surface area (TPSA) is 121 Å². The number of benzene rings is 1. The van der Waals surface area contributed by atoms with Crippen molar-refractivity contribution in [2.75, 3.05) is 51.9 Å². The van der Waals surface area contributed by atoms with Crippen molar-refractivity contribution in [3.05, 3.63) is 46.9 Å². The fourth-order valence-corrected chi connectivity index (χ4v) is 5.19. The van der Waals surface area contributed by atoms with Gasteiger partial charge in [-0.05, 0) is 56.0 Å². The molecule has 0 amide bonds. The number of amidine groups is 1. The van der Waals surface area contributed by atoms with E-state index in [9.17, 15) is 8.78 Å². The maximum absolute atomic E-state index is 14.3. The minimum atomic E-state index is -2.67. The molecule has 206 valence electrons. The molecule has 0 bridgehead atoms. The highest BCUT2D eigenvalue weighted by atomic mass is 19.3. The van der Waals surface area contributed by atoms with Crippen LogP contribution in [-0.4, -0.2) is 68.9 Å². The minimum absolute atomic E-state index is 0.0847. The van der Waals surface area contributed by atoms with Gasteiger partial charge in [0.2, 0.25) is 0 Å². The van der Waals surface area contributed by atoms with Crippen molar-refractivity contribution in [3.8, 4) is 17.1 Å². The van der Waals surface area contributed by atoms with E-state index in [0.29, 0.717) is 41.8 Å². The lowest BCUT2D eigenvalue weighted by Gasteiger charge is -2.36. The SMILES string of the molecule is CN.COc1ncc(-c2cc3c(cc2C(F)F)N(C(=N)C2=C(NC4CCOCC4)CCNC2)CCC3)cn1. The van der Waals surface area contributed by atoms with E-state index >= 15 is 0 Å². The van der Waals surface area contributed by atoms with Gasteiger partial charge in [-0.3, -0.25) is 5.41 Å². The van der Waals surface area contributed by atoms with E-state index < -0.39 is 6.43 Å². The Bertz CT molecular complexity index is 1130. The molecule has 5 rings (SSSR count). The zero-order valence-electron chi connectivity index (χ0n) is 22.0. The number of alkyl halides is 2. The molecule has 1 fully saturated rings. The van der Waals surface area contributed by atoms with Crippen LogP contribution >= 0.6 is 0 Å². The number of nitrogens with two attached hydrogens (primary N) is 1. The summed E-state index contributed by atoms with van der Waals surface area (Å²) in [5.74, 6) is 0.374. The third-order valence-corrected chi connectivity index (χ3v) is 7.10. The number of halogens is 2. The average molecular weight is 530 g/mol. The van der Waals surface area contributed by atoms with Gasteiger partial charge < -0.3 is 30.7 Å². The highest BCUT2D eigenvalue weighted by molar-refractivity contribution is 6.09. The van der Waals surface area contributed by atoms with Crippen LogP contribution in [0.1, 0.15) is 43.2 Å². The van der Waals surface area contributed by atoms with Crippen molar-refractivity contribution in [1.82, 2.24) is 20.6 Å². The summed E-state index contributed by atoms with van der Waals surface area (Å²) in [5, 5.41) is 16.2. The molecule has 1 saturated heterocycles. The lowest BCUT2D eigenvalue weighted by Crippen LogP contribution is -2.44. The summed E-state index contributed by atoms with van der Waals surface area (Å²) < 4.78 is 39.0. The number of aromatic nitrogens is 2. The van der Waals surface area contributed by atoms with Crippen molar-refractivity contribution in [2.24, 2.45) is 5.73 Å². The van der Waals surface area contributed by atoms with Crippen LogP contribution in [0.25, 0.3) is 11.1 Å². The Kier molecular flexibility index (Phi) is 9.59. The minimum Gasteiger partial charge on any atom is -0.467 e. The van der Waals surface area contributed by atoms with Gasteiger partial charge in [-0.15, -0.1) is 0 Å². The molecule has 2 aromatic rings. The van der Waals surface area contributed by atoms with Gasteiger partial charge >= 0.3 is 6.01 Å². The first-order valence-corrected chi connectivity index (χ1v) is 13.1. The molecule has 0 aliphatic carbocycles. The molecule has 3 aliphatic heterocycles. The Morgan fingerprint density at radius 3 is 2.63 bits per heavy atom. The fraction of sp³-hybridized carbons (Fsp3) is 0.519. The molecule has 5 N–H and O–H groups in total. The van der Waals surface area contributed by atoms with Gasteiger partial charge in [0.25, 0.3) is 6.43 Å². The molecule has 1 aromatic heterocycles. The lowest BCUT2D eigenvalue weighted by atomic mass is 9.92. The highest BCUT2D eigenvalue weighted by Gasteiger charge is 2.29. The largest absolute Gasteiger partial charge is 0.467 e. The van der Waals surface area contributed by atoms with E-state index in [1.807, 2.05) is 11.0 Å². The number of fused-ring (bicyclic) bond motifs is 1. The molecule has 11 heteroatoms. The predicted octanol–water partition coefficient (Wildman–Crippen LogP) is 3.41. The number of methoxy groups -OCH3 is 1. The van der Waals surface area contributed by atoms with Crippen LogP contribution in [-0.2, 0) is 11.2 Å². The van der Waals surface area contributed by atoms with E-state index in [0.717, 1.165) is 68.7 Å². The van der Waals surface area contributed by atoms with E-state index in [4.69, 9.17) is 14.9 Å². The van der Waals surface area contributed by atoms with Crippen molar-refractivity contribution >= 4 is 11.5 Å². The maximum Gasteiger partial charge on any atom is 0.316 e. The third-order valence-electron chi connectivity index (χ3n) is 7.10.